The Morgan fingerprint density at radius 1 is 1.22 bits per heavy atom. The fourth-order valence-electron chi connectivity index (χ4n) is 2.85. The fourth-order valence-corrected chi connectivity index (χ4v) is 2.85. The number of amides is 1. The Hall–Kier alpha value is -2.12. The molecule has 8 heteroatoms. The monoisotopic (exact) mass is 324 g/mol. The number of hydrogen-bond donors (Lipinski definition) is 0. The lowest BCUT2D eigenvalue weighted by atomic mass is 10.2. The van der Waals surface area contributed by atoms with Crippen LogP contribution in [0.3, 0.4) is 0 Å². The number of aromatic nitrogens is 3. The molecule has 2 aromatic heterocycles. The zero-order chi connectivity index (χ0) is 16.2. The molecule has 122 valence electrons. The number of carbonyl (C=O) groups excluding carboxylic acids is 1. The largest absolute Gasteiger partial charge is 0.408 e. The van der Waals surface area contributed by atoms with Gasteiger partial charge < -0.3 is 4.90 Å². The molecule has 0 spiro atoms. The van der Waals surface area contributed by atoms with Crippen molar-refractivity contribution in [1.82, 2.24) is 19.7 Å². The first-order chi connectivity index (χ1) is 10.9. The molecule has 1 amide bonds. The number of halogens is 3. The number of fused-ring (bicyclic) bond motifs is 1. The predicted octanol–water partition coefficient (Wildman–Crippen LogP) is 2.76. The maximum Gasteiger partial charge on any atom is 0.408 e. The topological polar surface area (TPSA) is 51.0 Å². The van der Waals surface area contributed by atoms with Crippen molar-refractivity contribution in [3.8, 4) is 0 Å². The van der Waals surface area contributed by atoms with Crippen LogP contribution in [0.1, 0.15) is 36.2 Å². The molecule has 0 radical (unpaired) electrons. The van der Waals surface area contributed by atoms with Gasteiger partial charge in [-0.2, -0.15) is 18.3 Å². The molecule has 0 aromatic carbocycles. The van der Waals surface area contributed by atoms with Crippen molar-refractivity contribution in [1.29, 1.82) is 0 Å². The second-order valence-corrected chi connectivity index (χ2v) is 6.22. The minimum Gasteiger partial charge on any atom is -0.331 e. The van der Waals surface area contributed by atoms with Crippen LogP contribution in [0.4, 0.5) is 13.2 Å². The zero-order valence-corrected chi connectivity index (χ0v) is 12.3. The van der Waals surface area contributed by atoms with Crippen molar-refractivity contribution in [3.05, 3.63) is 24.2 Å². The normalized spacial score (nSPS) is 18.4. The van der Waals surface area contributed by atoms with Gasteiger partial charge >= 0.3 is 6.18 Å². The Balaban J connectivity index is 1.67. The number of pyridine rings is 1. The van der Waals surface area contributed by atoms with E-state index >= 15 is 0 Å². The molecule has 0 bridgehead atoms. The van der Waals surface area contributed by atoms with Crippen LogP contribution in [-0.4, -0.2) is 43.8 Å². The van der Waals surface area contributed by atoms with E-state index < -0.39 is 12.7 Å². The van der Waals surface area contributed by atoms with Gasteiger partial charge in [0.1, 0.15) is 12.2 Å². The van der Waals surface area contributed by atoms with E-state index in [1.54, 1.807) is 0 Å². The van der Waals surface area contributed by atoms with Gasteiger partial charge in [-0.05, 0) is 31.7 Å². The minimum absolute atomic E-state index is 0.184. The van der Waals surface area contributed by atoms with Gasteiger partial charge in [0.25, 0.3) is 5.91 Å². The van der Waals surface area contributed by atoms with Crippen molar-refractivity contribution < 1.29 is 18.0 Å². The van der Waals surface area contributed by atoms with E-state index in [0.717, 1.165) is 30.4 Å². The molecule has 2 aliphatic rings. The highest BCUT2D eigenvalue weighted by Crippen LogP contribution is 2.38. The van der Waals surface area contributed by atoms with Gasteiger partial charge in [0.05, 0.1) is 11.7 Å². The molecule has 2 aromatic rings. The molecule has 2 fully saturated rings. The highest BCUT2D eigenvalue weighted by Gasteiger charge is 2.42. The summed E-state index contributed by atoms with van der Waals surface area (Å²) in [6, 6.07) is 1.97. The summed E-state index contributed by atoms with van der Waals surface area (Å²) in [7, 11) is 0. The van der Waals surface area contributed by atoms with Crippen molar-refractivity contribution >= 4 is 16.8 Å². The summed E-state index contributed by atoms with van der Waals surface area (Å²) >= 11 is 0. The summed E-state index contributed by atoms with van der Waals surface area (Å²) in [5, 5.41) is 4.25. The van der Waals surface area contributed by atoms with E-state index in [2.05, 4.69) is 10.1 Å². The van der Waals surface area contributed by atoms with Gasteiger partial charge in [0.2, 0.25) is 0 Å². The van der Waals surface area contributed by atoms with Gasteiger partial charge in [0.15, 0.2) is 0 Å². The number of rotatable bonds is 4. The van der Waals surface area contributed by atoms with E-state index in [1.165, 1.54) is 18.5 Å². The Morgan fingerprint density at radius 3 is 2.43 bits per heavy atom. The van der Waals surface area contributed by atoms with Gasteiger partial charge in [-0.15, -0.1) is 0 Å². The molecule has 5 nitrogen and oxygen atoms in total. The molecule has 4 rings (SSSR count). The van der Waals surface area contributed by atoms with Crippen LogP contribution in [0.25, 0.3) is 10.9 Å². The zero-order valence-electron chi connectivity index (χ0n) is 12.3. The first-order valence-corrected chi connectivity index (χ1v) is 7.63. The van der Waals surface area contributed by atoms with Crippen molar-refractivity contribution in [3.63, 3.8) is 0 Å². The average Bonchev–Trinajstić information content (AvgIpc) is 3.39. The van der Waals surface area contributed by atoms with E-state index in [4.69, 9.17) is 0 Å². The average molecular weight is 324 g/mol. The molecule has 2 saturated carbocycles. The molecule has 2 heterocycles. The van der Waals surface area contributed by atoms with E-state index in [-0.39, 0.29) is 29.2 Å². The molecule has 2 aliphatic carbocycles. The quantitative estimate of drug-likeness (QED) is 0.869. The third kappa shape index (κ3) is 2.89. The van der Waals surface area contributed by atoms with Crippen molar-refractivity contribution in [2.45, 2.75) is 50.5 Å². The lowest BCUT2D eigenvalue weighted by Gasteiger charge is -2.21. The summed E-state index contributed by atoms with van der Waals surface area (Å²) in [4.78, 5) is 18.7. The van der Waals surface area contributed by atoms with Gasteiger partial charge in [0, 0.05) is 23.7 Å². The number of nitrogens with zero attached hydrogens (tertiary/aromatic N) is 4. The third-order valence-corrected chi connectivity index (χ3v) is 4.19. The van der Waals surface area contributed by atoms with Crippen LogP contribution in [0.2, 0.25) is 0 Å². The molecule has 0 atom stereocenters. The summed E-state index contributed by atoms with van der Waals surface area (Å²) in [5.41, 5.74) is 0.479. The second-order valence-electron chi connectivity index (χ2n) is 6.22. The summed E-state index contributed by atoms with van der Waals surface area (Å²) in [6.07, 6.45) is 2.38. The van der Waals surface area contributed by atoms with E-state index in [9.17, 15) is 18.0 Å². The van der Waals surface area contributed by atoms with Crippen molar-refractivity contribution in [2.75, 3.05) is 0 Å². The number of hydrogen-bond acceptors (Lipinski definition) is 3. The summed E-state index contributed by atoms with van der Waals surface area (Å²) in [5.74, 6) is -0.184. The van der Waals surface area contributed by atoms with Crippen LogP contribution >= 0.6 is 0 Å². The molecule has 0 saturated heterocycles. The molecule has 0 unspecified atom stereocenters. The maximum absolute atomic E-state index is 12.7. The second kappa shape index (κ2) is 4.94. The first-order valence-electron chi connectivity index (χ1n) is 7.63. The van der Waals surface area contributed by atoms with Crippen LogP contribution in [-0.2, 0) is 6.54 Å². The highest BCUT2D eigenvalue weighted by molar-refractivity contribution is 5.96. The smallest absolute Gasteiger partial charge is 0.331 e. The standard InChI is InChI=1S/C15H15F3N4O/c16-15(17,18)8-21-13-5-12(19-6-9(13)7-20-21)14(23)22(10-1-2-10)11-3-4-11/h5-7,10-11H,1-4,8H2. The van der Waals surface area contributed by atoms with E-state index in [1.807, 2.05) is 4.90 Å². The lowest BCUT2D eigenvalue weighted by Crippen LogP contribution is -2.35. The first kappa shape index (κ1) is 14.5. The highest BCUT2D eigenvalue weighted by atomic mass is 19.4. The molecular weight excluding hydrogens is 309 g/mol. The number of carbonyl (C=O) groups is 1. The maximum atomic E-state index is 12.7. The van der Waals surface area contributed by atoms with Gasteiger partial charge in [-0.3, -0.25) is 14.5 Å². The predicted molar refractivity (Wildman–Crippen MR) is 75.8 cm³/mol. The fraction of sp³-hybridized carbons (Fsp3) is 0.533. The molecule has 0 aliphatic heterocycles. The van der Waals surface area contributed by atoms with Gasteiger partial charge in [-0.25, -0.2) is 0 Å². The Bertz CT molecular complexity index is 750. The van der Waals surface area contributed by atoms with Crippen molar-refractivity contribution in [2.24, 2.45) is 0 Å². The van der Waals surface area contributed by atoms with Crippen LogP contribution in [0.5, 0.6) is 0 Å². The Labute approximate surface area is 130 Å². The lowest BCUT2D eigenvalue weighted by molar-refractivity contribution is -0.141. The summed E-state index contributed by atoms with van der Waals surface area (Å²) < 4.78 is 38.7. The van der Waals surface area contributed by atoms with Gasteiger partial charge in [-0.1, -0.05) is 0 Å². The molecule has 0 N–H and O–H groups in total. The molecular formula is C15H15F3N4O. The van der Waals surface area contributed by atoms with E-state index in [0.29, 0.717) is 5.39 Å². The SMILES string of the molecule is O=C(c1cc2c(cn1)cnn2CC(F)(F)F)N(C1CC1)C1CC1. The Kier molecular flexibility index (Phi) is 3.11. The minimum atomic E-state index is -4.36. The number of alkyl halides is 3. The summed E-state index contributed by atoms with van der Waals surface area (Å²) in [6.45, 7) is -1.18. The van der Waals surface area contributed by atoms with Crippen LogP contribution < -0.4 is 0 Å². The van der Waals surface area contributed by atoms with Crippen LogP contribution in [0, 0.1) is 0 Å². The Morgan fingerprint density at radius 2 is 1.87 bits per heavy atom. The van der Waals surface area contributed by atoms with Crippen LogP contribution in [0.15, 0.2) is 18.5 Å². The molecule has 23 heavy (non-hydrogen) atoms. The third-order valence-electron chi connectivity index (χ3n) is 4.19.